The zero-order valence-electron chi connectivity index (χ0n) is 11.3. The first kappa shape index (κ1) is 14.5. The van der Waals surface area contributed by atoms with Crippen molar-refractivity contribution < 1.29 is 5.21 Å². The van der Waals surface area contributed by atoms with Crippen LogP contribution in [0.1, 0.15) is 37.8 Å². The Bertz CT molecular complexity index is 551. The van der Waals surface area contributed by atoms with Crippen molar-refractivity contribution in [3.8, 4) is 0 Å². The maximum absolute atomic E-state index is 9.41. The number of aromatic nitrogens is 3. The Morgan fingerprint density at radius 3 is 2.70 bits per heavy atom. The van der Waals surface area contributed by atoms with E-state index in [1.165, 1.54) is 6.33 Å². The van der Waals surface area contributed by atoms with Crippen LogP contribution in [-0.4, -0.2) is 25.7 Å². The van der Waals surface area contributed by atoms with Gasteiger partial charge in [-0.1, -0.05) is 48.7 Å². The second-order valence-corrected chi connectivity index (χ2v) is 4.96. The molecule has 0 fully saturated rings. The predicted molar refractivity (Wildman–Crippen MR) is 78.4 cm³/mol. The van der Waals surface area contributed by atoms with Crippen LogP contribution in [0.2, 0.25) is 5.02 Å². The van der Waals surface area contributed by atoms with Crippen molar-refractivity contribution in [2.75, 3.05) is 0 Å². The largest absolute Gasteiger partial charge is 0.411 e. The summed E-state index contributed by atoms with van der Waals surface area (Å²) in [6.45, 7) is 2.12. The third-order valence-corrected chi connectivity index (χ3v) is 3.40. The van der Waals surface area contributed by atoms with Crippen LogP contribution in [0.15, 0.2) is 42.1 Å². The maximum atomic E-state index is 9.41. The van der Waals surface area contributed by atoms with Gasteiger partial charge in [-0.3, -0.25) is 0 Å². The highest BCUT2D eigenvalue weighted by Gasteiger charge is 2.20. The summed E-state index contributed by atoms with van der Waals surface area (Å²) in [5.74, 6) is 0. The number of benzene rings is 1. The van der Waals surface area contributed by atoms with Gasteiger partial charge in [0.2, 0.25) is 0 Å². The first-order valence-corrected chi connectivity index (χ1v) is 6.96. The molecule has 5 nitrogen and oxygen atoms in total. The molecular weight excluding hydrogens is 276 g/mol. The fraction of sp³-hybridized carbons (Fsp3) is 0.357. The molecule has 106 valence electrons. The topological polar surface area (TPSA) is 63.3 Å². The van der Waals surface area contributed by atoms with Crippen molar-refractivity contribution in [3.63, 3.8) is 0 Å². The van der Waals surface area contributed by atoms with E-state index in [1.54, 1.807) is 23.1 Å². The van der Waals surface area contributed by atoms with Gasteiger partial charge < -0.3 is 5.21 Å². The lowest BCUT2D eigenvalue weighted by Gasteiger charge is -2.18. The maximum Gasteiger partial charge on any atom is 0.137 e. The van der Waals surface area contributed by atoms with Gasteiger partial charge in [0.25, 0.3) is 0 Å². The fourth-order valence-corrected chi connectivity index (χ4v) is 2.23. The standard InChI is InChI=1S/C14H17ClN4O/c1-2-3-4-13(19-10-16-9-17-19)14(18-20)11-5-7-12(15)8-6-11/h5-10,13,20H,2-4H2,1H3. The molecule has 1 aromatic heterocycles. The van der Waals surface area contributed by atoms with Crippen LogP contribution in [0.3, 0.4) is 0 Å². The van der Waals surface area contributed by atoms with Gasteiger partial charge in [-0.25, -0.2) is 9.67 Å². The SMILES string of the molecule is CCCCC(C(=NO)c1ccc(Cl)cc1)n1cncn1. The molecule has 2 rings (SSSR count). The lowest BCUT2D eigenvalue weighted by Crippen LogP contribution is -2.21. The molecule has 0 spiro atoms. The number of oxime groups is 1. The highest BCUT2D eigenvalue weighted by atomic mass is 35.5. The van der Waals surface area contributed by atoms with Gasteiger partial charge in [0.1, 0.15) is 18.4 Å². The monoisotopic (exact) mass is 292 g/mol. The van der Waals surface area contributed by atoms with Crippen LogP contribution in [0.25, 0.3) is 0 Å². The molecule has 1 unspecified atom stereocenters. The fourth-order valence-electron chi connectivity index (χ4n) is 2.11. The number of rotatable bonds is 6. The molecule has 1 atom stereocenters. The van der Waals surface area contributed by atoms with E-state index in [0.717, 1.165) is 24.8 Å². The van der Waals surface area contributed by atoms with Crippen molar-refractivity contribution in [2.45, 2.75) is 32.2 Å². The minimum absolute atomic E-state index is 0.136. The third-order valence-electron chi connectivity index (χ3n) is 3.15. The van der Waals surface area contributed by atoms with Crippen LogP contribution >= 0.6 is 11.6 Å². The number of unbranched alkanes of at least 4 members (excludes halogenated alkanes) is 1. The smallest absolute Gasteiger partial charge is 0.137 e. The Hall–Kier alpha value is -1.88. The third kappa shape index (κ3) is 3.36. The zero-order valence-corrected chi connectivity index (χ0v) is 12.0. The molecule has 0 aliphatic carbocycles. The summed E-state index contributed by atoms with van der Waals surface area (Å²) in [7, 11) is 0. The number of hydrogen-bond donors (Lipinski definition) is 1. The summed E-state index contributed by atoms with van der Waals surface area (Å²) in [6.07, 6.45) is 6.03. The molecule has 0 saturated carbocycles. The molecule has 0 aliphatic heterocycles. The molecule has 1 aromatic carbocycles. The predicted octanol–water partition coefficient (Wildman–Crippen LogP) is 3.54. The van der Waals surface area contributed by atoms with Crippen molar-refractivity contribution in [2.24, 2.45) is 5.16 Å². The van der Waals surface area contributed by atoms with Crippen LogP contribution in [0, 0.1) is 0 Å². The number of nitrogens with zero attached hydrogens (tertiary/aromatic N) is 4. The molecule has 1 heterocycles. The van der Waals surface area contributed by atoms with Gasteiger partial charge in [-0.2, -0.15) is 5.10 Å². The Labute approximate surface area is 122 Å². The van der Waals surface area contributed by atoms with Gasteiger partial charge in [0.15, 0.2) is 0 Å². The summed E-state index contributed by atoms with van der Waals surface area (Å²) in [4.78, 5) is 3.97. The lowest BCUT2D eigenvalue weighted by atomic mass is 9.99. The highest BCUT2D eigenvalue weighted by molar-refractivity contribution is 6.30. The molecule has 6 heteroatoms. The Kier molecular flexibility index (Phi) is 5.12. The molecule has 1 N–H and O–H groups in total. The average Bonchev–Trinajstić information content (AvgIpc) is 2.99. The number of hydrogen-bond acceptors (Lipinski definition) is 4. The molecular formula is C14H17ClN4O. The van der Waals surface area contributed by atoms with Crippen LogP contribution in [-0.2, 0) is 0 Å². The van der Waals surface area contributed by atoms with E-state index in [-0.39, 0.29) is 6.04 Å². The van der Waals surface area contributed by atoms with Crippen LogP contribution in [0.5, 0.6) is 0 Å². The number of halogens is 1. The molecule has 2 aromatic rings. The lowest BCUT2D eigenvalue weighted by molar-refractivity contribution is 0.313. The second kappa shape index (κ2) is 7.05. The molecule has 0 saturated heterocycles. The Morgan fingerprint density at radius 2 is 2.15 bits per heavy atom. The van der Waals surface area contributed by atoms with E-state index < -0.39 is 0 Å². The molecule has 0 bridgehead atoms. The summed E-state index contributed by atoms with van der Waals surface area (Å²) < 4.78 is 1.72. The van der Waals surface area contributed by atoms with E-state index in [1.807, 2.05) is 12.1 Å². The molecule has 0 aliphatic rings. The minimum Gasteiger partial charge on any atom is -0.411 e. The van der Waals surface area contributed by atoms with E-state index in [4.69, 9.17) is 11.6 Å². The van der Waals surface area contributed by atoms with Gasteiger partial charge in [0.05, 0.1) is 6.04 Å². The van der Waals surface area contributed by atoms with Gasteiger partial charge in [-0.05, 0) is 18.6 Å². The quantitative estimate of drug-likeness (QED) is 0.503. The van der Waals surface area contributed by atoms with E-state index >= 15 is 0 Å². The Balaban J connectivity index is 2.32. The summed E-state index contributed by atoms with van der Waals surface area (Å²) in [5.41, 5.74) is 1.40. The molecule has 20 heavy (non-hydrogen) atoms. The van der Waals surface area contributed by atoms with Crippen molar-refractivity contribution in [1.29, 1.82) is 0 Å². The van der Waals surface area contributed by atoms with Crippen LogP contribution < -0.4 is 0 Å². The minimum atomic E-state index is -0.136. The van der Waals surface area contributed by atoms with E-state index in [0.29, 0.717) is 10.7 Å². The molecule has 0 radical (unpaired) electrons. The van der Waals surface area contributed by atoms with E-state index in [2.05, 4.69) is 22.2 Å². The highest BCUT2D eigenvalue weighted by Crippen LogP contribution is 2.22. The first-order valence-electron chi connectivity index (χ1n) is 6.58. The summed E-state index contributed by atoms with van der Waals surface area (Å²) >= 11 is 5.89. The van der Waals surface area contributed by atoms with Gasteiger partial charge in [0, 0.05) is 10.6 Å². The van der Waals surface area contributed by atoms with Gasteiger partial charge in [-0.15, -0.1) is 0 Å². The van der Waals surface area contributed by atoms with Crippen molar-refractivity contribution in [3.05, 3.63) is 47.5 Å². The first-order chi connectivity index (χ1) is 9.76. The summed E-state index contributed by atoms with van der Waals surface area (Å²) in [6, 6.07) is 7.10. The average molecular weight is 293 g/mol. The van der Waals surface area contributed by atoms with Crippen LogP contribution in [0.4, 0.5) is 0 Å². The van der Waals surface area contributed by atoms with Crippen molar-refractivity contribution in [1.82, 2.24) is 14.8 Å². The van der Waals surface area contributed by atoms with E-state index in [9.17, 15) is 5.21 Å². The normalized spacial score (nSPS) is 13.4. The zero-order chi connectivity index (χ0) is 14.4. The second-order valence-electron chi connectivity index (χ2n) is 4.53. The molecule has 0 amide bonds. The Morgan fingerprint density at radius 1 is 1.40 bits per heavy atom. The van der Waals surface area contributed by atoms with Crippen molar-refractivity contribution >= 4 is 17.3 Å². The van der Waals surface area contributed by atoms with Gasteiger partial charge >= 0.3 is 0 Å². The summed E-state index contributed by atoms with van der Waals surface area (Å²) in [5, 5.41) is 17.7.